The van der Waals surface area contributed by atoms with E-state index in [2.05, 4.69) is 5.32 Å². The number of hydrogen-bond acceptors (Lipinski definition) is 4. The lowest BCUT2D eigenvalue weighted by Crippen LogP contribution is -2.43. The van der Waals surface area contributed by atoms with Gasteiger partial charge in [-0.15, -0.1) is 0 Å². The van der Waals surface area contributed by atoms with E-state index in [9.17, 15) is 14.0 Å². The lowest BCUT2D eigenvalue weighted by Gasteiger charge is -2.31. The fraction of sp³-hybridized carbons (Fsp3) is 0.286. The summed E-state index contributed by atoms with van der Waals surface area (Å²) in [5, 5.41) is 2.99. The number of carbonyl (C=O) groups is 2. The van der Waals surface area contributed by atoms with Crippen molar-refractivity contribution in [3.8, 4) is 11.5 Å². The first kappa shape index (κ1) is 25.7. The summed E-state index contributed by atoms with van der Waals surface area (Å²) in [5.41, 5.74) is 2.43. The van der Waals surface area contributed by atoms with Crippen LogP contribution in [0, 0.1) is 5.82 Å². The summed E-state index contributed by atoms with van der Waals surface area (Å²) in [6.45, 7) is 2.33. The summed E-state index contributed by atoms with van der Waals surface area (Å²) in [7, 11) is 3.16. The zero-order valence-corrected chi connectivity index (χ0v) is 20.3. The molecule has 0 spiro atoms. The van der Waals surface area contributed by atoms with Crippen LogP contribution < -0.4 is 14.8 Å². The molecule has 0 aromatic heterocycles. The van der Waals surface area contributed by atoms with Crippen LogP contribution in [0.3, 0.4) is 0 Å². The second kappa shape index (κ2) is 12.6. The zero-order valence-electron chi connectivity index (χ0n) is 20.3. The minimum atomic E-state index is -0.820. The number of nitrogens with one attached hydrogen (secondary N) is 1. The number of halogens is 1. The summed E-state index contributed by atoms with van der Waals surface area (Å²) < 4.78 is 24.0. The highest BCUT2D eigenvalue weighted by molar-refractivity contribution is 5.88. The molecule has 0 saturated carbocycles. The molecule has 3 rings (SSSR count). The summed E-state index contributed by atoms with van der Waals surface area (Å²) in [6.07, 6.45) is 0.816. The van der Waals surface area contributed by atoms with Crippen molar-refractivity contribution in [3.05, 3.63) is 95.3 Å². The van der Waals surface area contributed by atoms with Gasteiger partial charge < -0.3 is 19.7 Å². The van der Waals surface area contributed by atoms with E-state index in [0.717, 1.165) is 11.1 Å². The average Bonchev–Trinajstić information content (AvgIpc) is 2.89. The Labute approximate surface area is 205 Å². The van der Waals surface area contributed by atoms with E-state index < -0.39 is 6.04 Å². The molecule has 35 heavy (non-hydrogen) atoms. The number of rotatable bonds is 11. The Morgan fingerprint density at radius 3 is 2.20 bits per heavy atom. The molecular formula is C28H31FN2O4. The molecule has 7 heteroatoms. The van der Waals surface area contributed by atoms with Gasteiger partial charge in [0, 0.05) is 19.5 Å². The van der Waals surface area contributed by atoms with Crippen LogP contribution in [0.5, 0.6) is 11.5 Å². The zero-order chi connectivity index (χ0) is 25.2. The number of ether oxygens (including phenoxy) is 2. The normalized spacial score (nSPS) is 11.4. The van der Waals surface area contributed by atoms with Crippen LogP contribution >= 0.6 is 0 Å². The molecule has 0 radical (unpaired) electrons. The van der Waals surface area contributed by atoms with Gasteiger partial charge in [0.15, 0.2) is 11.5 Å². The van der Waals surface area contributed by atoms with Crippen LogP contribution in [0.15, 0.2) is 72.8 Å². The first-order valence-corrected chi connectivity index (χ1v) is 11.5. The van der Waals surface area contributed by atoms with Gasteiger partial charge in [-0.05, 0) is 47.4 Å². The summed E-state index contributed by atoms with van der Waals surface area (Å²) in [5.74, 6) is 0.463. The Morgan fingerprint density at radius 1 is 0.914 bits per heavy atom. The van der Waals surface area contributed by atoms with Gasteiger partial charge in [-0.1, -0.05) is 55.5 Å². The Hall–Kier alpha value is -3.87. The van der Waals surface area contributed by atoms with Crippen molar-refractivity contribution < 1.29 is 23.5 Å². The number of carbonyl (C=O) groups excluding carboxylic acids is 2. The monoisotopic (exact) mass is 478 g/mol. The maximum atomic E-state index is 13.5. The fourth-order valence-electron chi connectivity index (χ4n) is 3.88. The van der Waals surface area contributed by atoms with Crippen molar-refractivity contribution in [1.82, 2.24) is 10.2 Å². The summed E-state index contributed by atoms with van der Waals surface area (Å²) >= 11 is 0. The van der Waals surface area contributed by atoms with E-state index in [0.29, 0.717) is 30.0 Å². The number of hydrogen-bond donors (Lipinski definition) is 1. The molecule has 2 amide bonds. The molecule has 0 saturated heterocycles. The predicted octanol–water partition coefficient (Wildman–Crippen LogP) is 4.68. The number of benzene rings is 3. The quantitative estimate of drug-likeness (QED) is 0.435. The van der Waals surface area contributed by atoms with E-state index in [4.69, 9.17) is 9.47 Å². The molecule has 0 aliphatic heterocycles. The number of nitrogens with zero attached hydrogens (tertiary/aromatic N) is 1. The highest BCUT2D eigenvalue weighted by atomic mass is 19.1. The molecule has 0 heterocycles. The Balaban J connectivity index is 1.80. The lowest BCUT2D eigenvalue weighted by molar-refractivity contribution is -0.141. The summed E-state index contributed by atoms with van der Waals surface area (Å²) in [4.78, 5) is 28.0. The van der Waals surface area contributed by atoms with Crippen molar-refractivity contribution in [1.29, 1.82) is 0 Å². The maximum Gasteiger partial charge on any atom is 0.247 e. The molecule has 0 aliphatic carbocycles. The third-order valence-corrected chi connectivity index (χ3v) is 5.73. The standard InChI is InChI=1S/C28H31FN2O4/c1-4-26(32)31(19-21-10-13-23(29)14-11-21)27(22-8-6-5-7-9-22)28(33)30-17-16-20-12-15-24(34-2)25(18-20)35-3/h5-15,18,27H,4,16-17,19H2,1-3H3,(H,30,33)/t27-/m1/s1. The molecule has 0 aliphatic rings. The molecule has 0 unspecified atom stereocenters. The van der Waals surface area contributed by atoms with E-state index in [-0.39, 0.29) is 30.6 Å². The highest BCUT2D eigenvalue weighted by Crippen LogP contribution is 2.28. The second-order valence-electron chi connectivity index (χ2n) is 8.05. The molecule has 0 bridgehead atoms. The van der Waals surface area contributed by atoms with Crippen molar-refractivity contribution in [2.75, 3.05) is 20.8 Å². The van der Waals surface area contributed by atoms with E-state index in [1.54, 1.807) is 38.2 Å². The van der Waals surface area contributed by atoms with Gasteiger partial charge in [-0.3, -0.25) is 9.59 Å². The Bertz CT molecular complexity index is 1120. The topological polar surface area (TPSA) is 67.9 Å². The largest absolute Gasteiger partial charge is 0.493 e. The van der Waals surface area contributed by atoms with Gasteiger partial charge in [0.2, 0.25) is 11.8 Å². The van der Waals surface area contributed by atoms with Gasteiger partial charge in [0.05, 0.1) is 14.2 Å². The average molecular weight is 479 g/mol. The minimum Gasteiger partial charge on any atom is -0.493 e. The molecule has 3 aromatic carbocycles. The van der Waals surface area contributed by atoms with Crippen LogP contribution in [-0.2, 0) is 22.6 Å². The van der Waals surface area contributed by atoms with Gasteiger partial charge >= 0.3 is 0 Å². The van der Waals surface area contributed by atoms with E-state index in [1.807, 2.05) is 48.5 Å². The highest BCUT2D eigenvalue weighted by Gasteiger charge is 2.30. The van der Waals surface area contributed by atoms with E-state index >= 15 is 0 Å². The number of amides is 2. The minimum absolute atomic E-state index is 0.168. The van der Waals surface area contributed by atoms with Crippen LogP contribution in [-0.4, -0.2) is 37.5 Å². The van der Waals surface area contributed by atoms with Crippen LogP contribution in [0.1, 0.15) is 36.1 Å². The maximum absolute atomic E-state index is 13.5. The van der Waals surface area contributed by atoms with Crippen molar-refractivity contribution in [2.24, 2.45) is 0 Å². The van der Waals surface area contributed by atoms with Gasteiger partial charge in [0.1, 0.15) is 11.9 Å². The Morgan fingerprint density at radius 2 is 1.57 bits per heavy atom. The third-order valence-electron chi connectivity index (χ3n) is 5.73. The molecular weight excluding hydrogens is 447 g/mol. The van der Waals surface area contributed by atoms with Crippen LogP contribution in [0.25, 0.3) is 0 Å². The van der Waals surface area contributed by atoms with Crippen LogP contribution in [0.4, 0.5) is 4.39 Å². The molecule has 0 fully saturated rings. The van der Waals surface area contributed by atoms with Gasteiger partial charge in [0.25, 0.3) is 0 Å². The molecule has 1 atom stereocenters. The molecule has 1 N–H and O–H groups in total. The SMILES string of the molecule is CCC(=O)N(Cc1ccc(F)cc1)[C@@H](C(=O)NCCc1ccc(OC)c(OC)c1)c1ccccc1. The van der Waals surface area contributed by atoms with Crippen molar-refractivity contribution in [2.45, 2.75) is 32.4 Å². The first-order valence-electron chi connectivity index (χ1n) is 11.5. The molecule has 6 nitrogen and oxygen atoms in total. The number of methoxy groups -OCH3 is 2. The molecule has 184 valence electrons. The Kier molecular flexibility index (Phi) is 9.23. The second-order valence-corrected chi connectivity index (χ2v) is 8.05. The lowest BCUT2D eigenvalue weighted by atomic mass is 10.0. The molecule has 3 aromatic rings. The first-order chi connectivity index (χ1) is 17.0. The van der Waals surface area contributed by atoms with Gasteiger partial charge in [-0.25, -0.2) is 4.39 Å². The summed E-state index contributed by atoms with van der Waals surface area (Å²) in [6, 6.07) is 20.0. The predicted molar refractivity (Wildman–Crippen MR) is 133 cm³/mol. The third kappa shape index (κ3) is 6.82. The van der Waals surface area contributed by atoms with Gasteiger partial charge in [-0.2, -0.15) is 0 Å². The van der Waals surface area contributed by atoms with E-state index in [1.165, 1.54) is 12.1 Å². The van der Waals surface area contributed by atoms with Crippen molar-refractivity contribution >= 4 is 11.8 Å². The van der Waals surface area contributed by atoms with Crippen molar-refractivity contribution in [3.63, 3.8) is 0 Å². The smallest absolute Gasteiger partial charge is 0.247 e. The fourth-order valence-corrected chi connectivity index (χ4v) is 3.88. The van der Waals surface area contributed by atoms with Crippen LogP contribution in [0.2, 0.25) is 0 Å².